The smallest absolute Gasteiger partial charge is 0.420 e. The summed E-state index contributed by atoms with van der Waals surface area (Å²) in [5.41, 5.74) is 0.176. The van der Waals surface area contributed by atoms with Crippen LogP contribution in [0.1, 0.15) is 38.1 Å². The van der Waals surface area contributed by atoms with Crippen LogP contribution in [0.25, 0.3) is 11.5 Å². The third-order valence-corrected chi connectivity index (χ3v) is 4.41. The minimum Gasteiger partial charge on any atom is -0.462 e. The summed E-state index contributed by atoms with van der Waals surface area (Å²) in [6, 6.07) is 8.23. The molecule has 0 bridgehead atoms. The molecule has 33 heavy (non-hydrogen) atoms. The molecule has 0 N–H and O–H groups in total. The van der Waals surface area contributed by atoms with Crippen molar-refractivity contribution in [2.75, 3.05) is 11.5 Å². The second-order valence-electron chi connectivity index (χ2n) is 7.97. The van der Waals surface area contributed by atoms with Gasteiger partial charge in [0.15, 0.2) is 11.6 Å². The number of rotatable bonds is 5. The van der Waals surface area contributed by atoms with Crippen molar-refractivity contribution in [2.45, 2.75) is 33.3 Å². The highest BCUT2D eigenvalue weighted by Gasteiger charge is 2.29. The first-order valence-corrected chi connectivity index (χ1v) is 10.3. The van der Waals surface area contributed by atoms with E-state index in [1.807, 2.05) is 0 Å². The molecule has 0 spiro atoms. The zero-order valence-electron chi connectivity index (χ0n) is 18.7. The monoisotopic (exact) mass is 449 g/mol. The standard InChI is InChI=1S/C22H23N7O4/c1-5-32-20(30)15-8-6-9-16(12-15)28(21(31)33-22(2,3)4)18-19-24-14-26-29(19)17(13-23-18)27-11-7-10-25-27/h6-14H,5H2,1-4H3. The van der Waals surface area contributed by atoms with Crippen LogP contribution in [0.5, 0.6) is 0 Å². The lowest BCUT2D eigenvalue weighted by Gasteiger charge is -2.27. The molecule has 4 aromatic rings. The number of anilines is 2. The van der Waals surface area contributed by atoms with E-state index in [0.29, 0.717) is 17.2 Å². The SMILES string of the molecule is CCOC(=O)c1cccc(N(C(=O)OC(C)(C)C)c2ncc(-n3cccn3)n3ncnc23)c1. The average molecular weight is 449 g/mol. The van der Waals surface area contributed by atoms with Crippen LogP contribution in [0.2, 0.25) is 0 Å². The van der Waals surface area contributed by atoms with Gasteiger partial charge in [-0.3, -0.25) is 0 Å². The van der Waals surface area contributed by atoms with E-state index >= 15 is 0 Å². The van der Waals surface area contributed by atoms with Crippen molar-refractivity contribution in [3.8, 4) is 5.82 Å². The summed E-state index contributed by atoms with van der Waals surface area (Å²) in [5.74, 6) is 0.206. The highest BCUT2D eigenvalue weighted by molar-refractivity contribution is 6.00. The molecule has 11 heteroatoms. The summed E-state index contributed by atoms with van der Waals surface area (Å²) in [6.07, 6.45) is 5.57. The van der Waals surface area contributed by atoms with E-state index in [9.17, 15) is 9.59 Å². The van der Waals surface area contributed by atoms with Crippen molar-refractivity contribution in [3.05, 3.63) is 60.8 Å². The lowest BCUT2D eigenvalue weighted by molar-refractivity contribution is 0.0523. The average Bonchev–Trinajstić information content (AvgIpc) is 3.46. The number of benzene rings is 1. The number of aromatic nitrogens is 6. The first kappa shape index (κ1) is 21.9. The summed E-state index contributed by atoms with van der Waals surface area (Å²) < 4.78 is 13.8. The molecular formula is C22H23N7O4. The third kappa shape index (κ3) is 4.52. The Labute approximate surface area is 189 Å². The molecule has 0 saturated heterocycles. The number of nitrogens with zero attached hydrogens (tertiary/aromatic N) is 7. The molecule has 0 unspecified atom stereocenters. The molecule has 0 aliphatic rings. The Kier molecular flexibility index (Phi) is 5.78. The molecule has 170 valence electrons. The highest BCUT2D eigenvalue weighted by Crippen LogP contribution is 2.30. The molecule has 0 aliphatic carbocycles. The summed E-state index contributed by atoms with van der Waals surface area (Å²) in [7, 11) is 0. The van der Waals surface area contributed by atoms with Gasteiger partial charge in [-0.1, -0.05) is 6.07 Å². The van der Waals surface area contributed by atoms with E-state index in [2.05, 4.69) is 20.2 Å². The van der Waals surface area contributed by atoms with Gasteiger partial charge in [0.25, 0.3) is 0 Å². The van der Waals surface area contributed by atoms with Gasteiger partial charge in [0, 0.05) is 12.4 Å². The lowest BCUT2D eigenvalue weighted by Crippen LogP contribution is -2.35. The molecular weight excluding hydrogens is 426 g/mol. The van der Waals surface area contributed by atoms with Crippen LogP contribution in [0.4, 0.5) is 16.3 Å². The lowest BCUT2D eigenvalue weighted by atomic mass is 10.2. The predicted octanol–water partition coefficient (Wildman–Crippen LogP) is 3.56. The predicted molar refractivity (Wildman–Crippen MR) is 119 cm³/mol. The number of fused-ring (bicyclic) bond motifs is 1. The zero-order chi connectivity index (χ0) is 23.6. The van der Waals surface area contributed by atoms with Crippen LogP contribution in [0, 0.1) is 0 Å². The van der Waals surface area contributed by atoms with Crippen LogP contribution in [0.15, 0.2) is 55.2 Å². The summed E-state index contributed by atoms with van der Waals surface area (Å²) in [4.78, 5) is 35.7. The molecule has 3 heterocycles. The van der Waals surface area contributed by atoms with Gasteiger partial charge < -0.3 is 9.47 Å². The topological polar surface area (TPSA) is 117 Å². The molecule has 4 rings (SSSR count). The summed E-state index contributed by atoms with van der Waals surface area (Å²) in [5, 5.41) is 8.48. The molecule has 0 radical (unpaired) electrons. The van der Waals surface area contributed by atoms with Crippen molar-refractivity contribution in [3.63, 3.8) is 0 Å². The maximum Gasteiger partial charge on any atom is 0.420 e. The molecule has 3 aromatic heterocycles. The van der Waals surface area contributed by atoms with Crippen molar-refractivity contribution < 1.29 is 19.1 Å². The van der Waals surface area contributed by atoms with Crippen LogP contribution >= 0.6 is 0 Å². The number of carbonyl (C=O) groups is 2. The van der Waals surface area contributed by atoms with E-state index in [1.165, 1.54) is 28.0 Å². The van der Waals surface area contributed by atoms with Gasteiger partial charge >= 0.3 is 12.1 Å². The second-order valence-corrected chi connectivity index (χ2v) is 7.97. The van der Waals surface area contributed by atoms with Gasteiger partial charge in [0.1, 0.15) is 11.9 Å². The minimum atomic E-state index is -0.771. The van der Waals surface area contributed by atoms with Gasteiger partial charge in [0.05, 0.1) is 24.1 Å². The maximum atomic E-state index is 13.3. The van der Waals surface area contributed by atoms with Gasteiger partial charge in [-0.25, -0.2) is 29.1 Å². The number of esters is 1. The van der Waals surface area contributed by atoms with Crippen LogP contribution < -0.4 is 4.90 Å². The van der Waals surface area contributed by atoms with Crippen molar-refractivity contribution in [1.29, 1.82) is 0 Å². The van der Waals surface area contributed by atoms with Crippen molar-refractivity contribution in [1.82, 2.24) is 29.4 Å². The van der Waals surface area contributed by atoms with Crippen molar-refractivity contribution in [2.24, 2.45) is 0 Å². The largest absolute Gasteiger partial charge is 0.462 e. The molecule has 0 aliphatic heterocycles. The Balaban J connectivity index is 1.87. The number of ether oxygens (including phenoxy) is 2. The van der Waals surface area contributed by atoms with Crippen LogP contribution in [0.3, 0.4) is 0 Å². The number of carbonyl (C=O) groups excluding carboxylic acids is 2. The highest BCUT2D eigenvalue weighted by atomic mass is 16.6. The van der Waals surface area contributed by atoms with E-state index in [-0.39, 0.29) is 18.0 Å². The molecule has 0 saturated carbocycles. The van der Waals surface area contributed by atoms with Gasteiger partial charge in [-0.15, -0.1) is 0 Å². The first-order valence-electron chi connectivity index (χ1n) is 10.3. The first-order chi connectivity index (χ1) is 15.8. The van der Waals surface area contributed by atoms with E-state index in [1.54, 1.807) is 69.0 Å². The summed E-state index contributed by atoms with van der Waals surface area (Å²) >= 11 is 0. The maximum absolute atomic E-state index is 13.3. The Morgan fingerprint density at radius 1 is 1.12 bits per heavy atom. The van der Waals surface area contributed by atoms with Crippen LogP contribution in [-0.4, -0.2) is 53.6 Å². The van der Waals surface area contributed by atoms with Gasteiger partial charge in [0.2, 0.25) is 5.65 Å². The normalized spacial score (nSPS) is 11.4. The van der Waals surface area contributed by atoms with Crippen molar-refractivity contribution >= 4 is 29.2 Å². The van der Waals surface area contributed by atoms with E-state index in [4.69, 9.17) is 9.47 Å². The quantitative estimate of drug-likeness (QED) is 0.425. The Hall–Kier alpha value is -4.28. The summed E-state index contributed by atoms with van der Waals surface area (Å²) in [6.45, 7) is 7.24. The molecule has 11 nitrogen and oxygen atoms in total. The molecule has 1 amide bonds. The minimum absolute atomic E-state index is 0.179. The second kappa shape index (κ2) is 8.69. The Morgan fingerprint density at radius 3 is 2.64 bits per heavy atom. The van der Waals surface area contributed by atoms with Gasteiger partial charge in [-0.05, 0) is 52.0 Å². The molecule has 1 aromatic carbocycles. The molecule has 0 fully saturated rings. The fraction of sp³-hybridized carbons (Fsp3) is 0.273. The Morgan fingerprint density at radius 2 is 1.94 bits per heavy atom. The number of hydrogen-bond acceptors (Lipinski definition) is 8. The molecule has 0 atom stereocenters. The fourth-order valence-corrected chi connectivity index (χ4v) is 3.12. The fourth-order valence-electron chi connectivity index (χ4n) is 3.12. The third-order valence-electron chi connectivity index (χ3n) is 4.41. The number of amides is 1. The zero-order valence-corrected chi connectivity index (χ0v) is 18.7. The Bertz CT molecular complexity index is 1290. The number of hydrogen-bond donors (Lipinski definition) is 0. The van der Waals surface area contributed by atoms with Gasteiger partial charge in [-0.2, -0.15) is 14.7 Å². The van der Waals surface area contributed by atoms with Crippen LogP contribution in [-0.2, 0) is 9.47 Å². The van der Waals surface area contributed by atoms with E-state index < -0.39 is 17.7 Å². The van der Waals surface area contributed by atoms with E-state index in [0.717, 1.165) is 0 Å².